The molecule has 80 valence electrons. The summed E-state index contributed by atoms with van der Waals surface area (Å²) in [7, 11) is 0. The van der Waals surface area contributed by atoms with Gasteiger partial charge in [-0.2, -0.15) is 18.4 Å². The Morgan fingerprint density at radius 1 is 1.40 bits per heavy atom. The molecular formula is C9H8F3N3. The molecule has 0 radical (unpaired) electrons. The number of nitriles is 1. The third-order valence-corrected chi connectivity index (χ3v) is 1.58. The zero-order chi connectivity index (χ0) is 11.3. The van der Waals surface area contributed by atoms with Crippen molar-refractivity contribution in [3.8, 4) is 6.07 Å². The topological polar surface area (TPSA) is 48.7 Å². The normalized spacial score (nSPS) is 10.8. The van der Waals surface area contributed by atoms with Crippen LogP contribution in [0.4, 0.5) is 19.0 Å². The van der Waals surface area contributed by atoms with Crippen LogP contribution in [-0.2, 0) is 0 Å². The quantitative estimate of drug-likeness (QED) is 0.841. The highest BCUT2D eigenvalue weighted by atomic mass is 19.4. The number of nitrogens with zero attached hydrogens (tertiary/aromatic N) is 2. The van der Waals surface area contributed by atoms with E-state index in [9.17, 15) is 13.2 Å². The first-order valence-corrected chi connectivity index (χ1v) is 4.19. The van der Waals surface area contributed by atoms with Crippen molar-refractivity contribution in [1.82, 2.24) is 4.98 Å². The van der Waals surface area contributed by atoms with E-state index in [1.54, 1.807) is 12.1 Å². The Balaban J connectivity index is 2.48. The Hall–Kier alpha value is -1.77. The molecule has 0 atom stereocenters. The number of halogens is 3. The van der Waals surface area contributed by atoms with Crippen LogP contribution in [0.15, 0.2) is 18.2 Å². The van der Waals surface area contributed by atoms with Gasteiger partial charge < -0.3 is 5.32 Å². The maximum Gasteiger partial charge on any atom is 0.390 e. The lowest BCUT2D eigenvalue weighted by Gasteiger charge is -2.07. The van der Waals surface area contributed by atoms with Crippen molar-refractivity contribution in [2.45, 2.75) is 12.6 Å². The molecule has 0 fully saturated rings. The van der Waals surface area contributed by atoms with Gasteiger partial charge in [0.05, 0.1) is 6.42 Å². The Labute approximate surface area is 84.5 Å². The number of nitrogens with one attached hydrogen (secondary N) is 1. The van der Waals surface area contributed by atoms with Gasteiger partial charge in [0.2, 0.25) is 0 Å². The lowest BCUT2D eigenvalue weighted by Crippen LogP contribution is -2.15. The lowest BCUT2D eigenvalue weighted by atomic mass is 10.3. The second-order valence-corrected chi connectivity index (χ2v) is 2.81. The number of rotatable bonds is 3. The van der Waals surface area contributed by atoms with Gasteiger partial charge in [0.15, 0.2) is 0 Å². The smallest absolute Gasteiger partial charge is 0.370 e. The largest absolute Gasteiger partial charge is 0.390 e. The molecule has 15 heavy (non-hydrogen) atoms. The first-order valence-electron chi connectivity index (χ1n) is 4.19. The maximum atomic E-state index is 11.8. The highest BCUT2D eigenvalue weighted by Gasteiger charge is 2.26. The lowest BCUT2D eigenvalue weighted by molar-refractivity contribution is -0.131. The van der Waals surface area contributed by atoms with E-state index in [1.165, 1.54) is 12.1 Å². The summed E-state index contributed by atoms with van der Waals surface area (Å²) in [6.45, 7) is -0.245. The van der Waals surface area contributed by atoms with Crippen LogP contribution in [0.25, 0.3) is 0 Å². The number of hydrogen-bond acceptors (Lipinski definition) is 3. The van der Waals surface area contributed by atoms with Gasteiger partial charge in [0.1, 0.15) is 17.6 Å². The molecule has 0 aliphatic heterocycles. The third-order valence-electron chi connectivity index (χ3n) is 1.58. The predicted octanol–water partition coefficient (Wildman–Crippen LogP) is 2.32. The predicted molar refractivity (Wildman–Crippen MR) is 48.1 cm³/mol. The second kappa shape index (κ2) is 4.64. The fourth-order valence-corrected chi connectivity index (χ4v) is 0.928. The molecule has 1 N–H and O–H groups in total. The molecule has 0 aromatic carbocycles. The molecule has 1 aromatic rings. The molecule has 3 nitrogen and oxygen atoms in total. The maximum absolute atomic E-state index is 11.8. The minimum Gasteiger partial charge on any atom is -0.370 e. The number of anilines is 1. The van der Waals surface area contributed by atoms with E-state index in [1.807, 2.05) is 0 Å². The zero-order valence-corrected chi connectivity index (χ0v) is 7.67. The van der Waals surface area contributed by atoms with Gasteiger partial charge in [-0.1, -0.05) is 6.07 Å². The molecule has 0 saturated carbocycles. The number of hydrogen-bond donors (Lipinski definition) is 1. The number of alkyl halides is 3. The number of pyridine rings is 1. The minimum atomic E-state index is -4.18. The van der Waals surface area contributed by atoms with Crippen LogP contribution in [0, 0.1) is 11.3 Å². The van der Waals surface area contributed by atoms with E-state index in [0.29, 0.717) is 0 Å². The van der Waals surface area contributed by atoms with Gasteiger partial charge in [-0.25, -0.2) is 4.98 Å². The molecule has 0 amide bonds. The summed E-state index contributed by atoms with van der Waals surface area (Å²) in [6.07, 6.45) is -5.11. The Morgan fingerprint density at radius 2 is 2.13 bits per heavy atom. The molecule has 0 bridgehead atoms. The molecule has 6 heteroatoms. The first kappa shape index (κ1) is 11.3. The molecule has 1 heterocycles. The van der Waals surface area contributed by atoms with E-state index in [4.69, 9.17) is 5.26 Å². The Bertz CT molecular complexity index is 368. The van der Waals surface area contributed by atoms with Crippen molar-refractivity contribution in [2.75, 3.05) is 11.9 Å². The van der Waals surface area contributed by atoms with E-state index in [0.717, 1.165) is 0 Å². The molecule has 0 aliphatic carbocycles. The molecule has 0 unspecified atom stereocenters. The summed E-state index contributed by atoms with van der Waals surface area (Å²) in [5, 5.41) is 11.0. The van der Waals surface area contributed by atoms with Crippen molar-refractivity contribution in [3.05, 3.63) is 23.9 Å². The fraction of sp³-hybridized carbons (Fsp3) is 0.333. The average molecular weight is 215 g/mol. The summed E-state index contributed by atoms with van der Waals surface area (Å²) < 4.78 is 35.4. The van der Waals surface area contributed by atoms with Crippen LogP contribution >= 0.6 is 0 Å². The molecule has 0 saturated heterocycles. The zero-order valence-electron chi connectivity index (χ0n) is 7.67. The van der Waals surface area contributed by atoms with Crippen molar-refractivity contribution in [2.24, 2.45) is 0 Å². The summed E-state index contributed by atoms with van der Waals surface area (Å²) >= 11 is 0. The molecule has 0 aliphatic rings. The van der Waals surface area contributed by atoms with Crippen LogP contribution in [0.2, 0.25) is 0 Å². The van der Waals surface area contributed by atoms with Gasteiger partial charge in [-0.15, -0.1) is 0 Å². The van der Waals surface area contributed by atoms with Gasteiger partial charge in [0.25, 0.3) is 0 Å². The summed E-state index contributed by atoms with van der Waals surface area (Å²) in [5.74, 6) is 0.276. The van der Waals surface area contributed by atoms with Crippen molar-refractivity contribution < 1.29 is 13.2 Å². The molecular weight excluding hydrogens is 207 g/mol. The first-order chi connectivity index (χ1) is 7.01. The molecule has 1 aromatic heterocycles. The van der Waals surface area contributed by atoms with Crippen LogP contribution in [-0.4, -0.2) is 17.7 Å². The minimum absolute atomic E-state index is 0.173. The van der Waals surface area contributed by atoms with Crippen molar-refractivity contribution >= 4 is 5.82 Å². The molecule has 0 spiro atoms. The van der Waals surface area contributed by atoms with Crippen molar-refractivity contribution in [1.29, 1.82) is 5.26 Å². The summed E-state index contributed by atoms with van der Waals surface area (Å²) in [5.41, 5.74) is 0.173. The van der Waals surface area contributed by atoms with E-state index < -0.39 is 12.6 Å². The van der Waals surface area contributed by atoms with Crippen LogP contribution in [0.1, 0.15) is 12.1 Å². The van der Waals surface area contributed by atoms with E-state index in [2.05, 4.69) is 10.3 Å². The Kier molecular flexibility index (Phi) is 3.50. The van der Waals surface area contributed by atoms with Crippen molar-refractivity contribution in [3.63, 3.8) is 0 Å². The standard InChI is InChI=1S/C9H8F3N3/c10-9(11,12)4-5-14-8-3-1-2-7(6-13)15-8/h1-3H,4-5H2,(H,14,15). The third kappa shape index (κ3) is 4.31. The van der Waals surface area contributed by atoms with Crippen LogP contribution < -0.4 is 5.32 Å². The summed E-state index contributed by atoms with van der Waals surface area (Å²) in [6, 6.07) is 6.35. The second-order valence-electron chi connectivity index (χ2n) is 2.81. The van der Waals surface area contributed by atoms with Crippen LogP contribution in [0.3, 0.4) is 0 Å². The molecule has 1 rings (SSSR count). The van der Waals surface area contributed by atoms with Gasteiger partial charge in [0, 0.05) is 6.54 Å². The van der Waals surface area contributed by atoms with Crippen LogP contribution in [0.5, 0.6) is 0 Å². The van der Waals surface area contributed by atoms with E-state index >= 15 is 0 Å². The highest BCUT2D eigenvalue weighted by Crippen LogP contribution is 2.19. The van der Waals surface area contributed by atoms with E-state index in [-0.39, 0.29) is 18.1 Å². The SMILES string of the molecule is N#Cc1cccc(NCCC(F)(F)F)n1. The average Bonchev–Trinajstić information content (AvgIpc) is 2.16. The highest BCUT2D eigenvalue weighted by molar-refractivity contribution is 5.38. The monoisotopic (exact) mass is 215 g/mol. The Morgan fingerprint density at radius 3 is 2.73 bits per heavy atom. The fourth-order valence-electron chi connectivity index (χ4n) is 0.928. The number of aromatic nitrogens is 1. The van der Waals surface area contributed by atoms with Gasteiger partial charge in [-0.05, 0) is 12.1 Å². The van der Waals surface area contributed by atoms with Gasteiger partial charge in [-0.3, -0.25) is 0 Å². The summed E-state index contributed by atoms with van der Waals surface area (Å²) in [4.78, 5) is 3.77. The van der Waals surface area contributed by atoms with Gasteiger partial charge >= 0.3 is 6.18 Å².